The van der Waals surface area contributed by atoms with Gasteiger partial charge in [-0.1, -0.05) is 13.8 Å². The molecule has 0 aliphatic heterocycles. The molecule has 0 spiro atoms. The third-order valence-corrected chi connectivity index (χ3v) is 3.29. The van der Waals surface area contributed by atoms with Crippen LogP contribution in [0.25, 0.3) is 0 Å². The summed E-state index contributed by atoms with van der Waals surface area (Å²) in [5.41, 5.74) is 0.541. The van der Waals surface area contributed by atoms with Gasteiger partial charge < -0.3 is 10.3 Å². The van der Waals surface area contributed by atoms with Gasteiger partial charge in [0.2, 0.25) is 0 Å². The maximum atomic E-state index is 12.1. The second-order valence-electron chi connectivity index (χ2n) is 4.64. The molecule has 0 aliphatic rings. The van der Waals surface area contributed by atoms with E-state index < -0.39 is 0 Å². The molecule has 0 unspecified atom stereocenters. The Morgan fingerprint density at radius 1 is 1.53 bits per heavy atom. The lowest BCUT2D eigenvalue weighted by Gasteiger charge is -2.11. The van der Waals surface area contributed by atoms with E-state index in [1.54, 1.807) is 18.6 Å². The lowest BCUT2D eigenvalue weighted by atomic mass is 10.2. The lowest BCUT2D eigenvalue weighted by Crippen LogP contribution is -2.26. The molecule has 0 amide bonds. The molecule has 2 N–H and O–H groups in total. The molecular weight excluding hydrogens is 310 g/mol. The van der Waals surface area contributed by atoms with E-state index in [0.29, 0.717) is 29.2 Å². The van der Waals surface area contributed by atoms with Gasteiger partial charge in [0.15, 0.2) is 0 Å². The van der Waals surface area contributed by atoms with Crippen LogP contribution >= 0.6 is 15.9 Å². The molecule has 0 bridgehead atoms. The van der Waals surface area contributed by atoms with Crippen LogP contribution in [0.1, 0.15) is 19.7 Å². The summed E-state index contributed by atoms with van der Waals surface area (Å²) in [5.74, 6) is 1.18. The highest BCUT2D eigenvalue weighted by Crippen LogP contribution is 2.16. The predicted octanol–water partition coefficient (Wildman–Crippen LogP) is 2.00. The SMILES string of the molecule is CC(C)Cn1ncc(NCc2ncc[nH]2)c(Br)c1=O. The van der Waals surface area contributed by atoms with Gasteiger partial charge >= 0.3 is 0 Å². The molecule has 7 heteroatoms. The van der Waals surface area contributed by atoms with Crippen molar-refractivity contribution in [1.29, 1.82) is 0 Å². The van der Waals surface area contributed by atoms with E-state index in [4.69, 9.17) is 0 Å². The maximum Gasteiger partial charge on any atom is 0.283 e. The van der Waals surface area contributed by atoms with Gasteiger partial charge in [0, 0.05) is 18.9 Å². The van der Waals surface area contributed by atoms with Gasteiger partial charge in [-0.05, 0) is 21.8 Å². The number of hydrogen-bond acceptors (Lipinski definition) is 4. The first-order valence-electron chi connectivity index (χ1n) is 6.05. The lowest BCUT2D eigenvalue weighted by molar-refractivity contribution is 0.462. The van der Waals surface area contributed by atoms with Gasteiger partial charge in [-0.15, -0.1) is 0 Å². The van der Waals surface area contributed by atoms with Crippen LogP contribution in [0.3, 0.4) is 0 Å². The Hall–Kier alpha value is -1.63. The third kappa shape index (κ3) is 3.44. The quantitative estimate of drug-likeness (QED) is 0.881. The number of nitrogens with zero attached hydrogens (tertiary/aromatic N) is 3. The molecule has 6 nitrogen and oxygen atoms in total. The topological polar surface area (TPSA) is 75.6 Å². The largest absolute Gasteiger partial charge is 0.375 e. The number of hydrogen-bond donors (Lipinski definition) is 2. The minimum atomic E-state index is -0.127. The fourth-order valence-electron chi connectivity index (χ4n) is 1.64. The Balaban J connectivity index is 2.14. The zero-order valence-electron chi connectivity index (χ0n) is 10.9. The first kappa shape index (κ1) is 13.8. The van der Waals surface area contributed by atoms with Crippen LogP contribution in [-0.2, 0) is 13.1 Å². The Morgan fingerprint density at radius 3 is 2.95 bits per heavy atom. The molecule has 0 saturated carbocycles. The third-order valence-electron chi connectivity index (χ3n) is 2.52. The minimum absolute atomic E-state index is 0.127. The van der Waals surface area contributed by atoms with Crippen molar-refractivity contribution in [2.45, 2.75) is 26.9 Å². The molecule has 2 heterocycles. The number of aromatic amines is 1. The van der Waals surface area contributed by atoms with Gasteiger partial charge in [-0.2, -0.15) is 5.10 Å². The summed E-state index contributed by atoms with van der Waals surface area (Å²) in [7, 11) is 0. The van der Waals surface area contributed by atoms with Crippen molar-refractivity contribution in [2.75, 3.05) is 5.32 Å². The van der Waals surface area contributed by atoms with Crippen molar-refractivity contribution >= 4 is 21.6 Å². The van der Waals surface area contributed by atoms with Crippen LogP contribution < -0.4 is 10.9 Å². The van der Waals surface area contributed by atoms with Crippen LogP contribution in [0.2, 0.25) is 0 Å². The Bertz CT molecular complexity index is 591. The summed E-state index contributed by atoms with van der Waals surface area (Å²) < 4.78 is 1.96. The monoisotopic (exact) mass is 325 g/mol. The van der Waals surface area contributed by atoms with Gasteiger partial charge in [0.25, 0.3) is 5.56 Å². The molecule has 0 fully saturated rings. The highest BCUT2D eigenvalue weighted by molar-refractivity contribution is 9.10. The summed E-state index contributed by atoms with van der Waals surface area (Å²) in [5, 5.41) is 7.28. The first-order chi connectivity index (χ1) is 9.08. The molecule has 0 aromatic carbocycles. The molecule has 19 heavy (non-hydrogen) atoms. The number of anilines is 1. The van der Waals surface area contributed by atoms with Gasteiger partial charge in [0.05, 0.1) is 18.4 Å². The standard InChI is InChI=1S/C12H16BrN5O/c1-8(2)7-18-12(19)11(13)9(5-17-18)16-6-10-14-3-4-15-10/h3-5,8,16H,6-7H2,1-2H3,(H,14,15). The minimum Gasteiger partial charge on any atom is -0.375 e. The van der Waals surface area contributed by atoms with Crippen LogP contribution in [0, 0.1) is 5.92 Å². The van der Waals surface area contributed by atoms with Crippen molar-refractivity contribution in [3.8, 4) is 0 Å². The first-order valence-corrected chi connectivity index (χ1v) is 6.85. The molecule has 0 atom stereocenters. The highest BCUT2D eigenvalue weighted by atomic mass is 79.9. The molecule has 0 saturated heterocycles. The number of nitrogens with one attached hydrogen (secondary N) is 2. The Kier molecular flexibility index (Phi) is 4.36. The molecule has 2 rings (SSSR count). The highest BCUT2D eigenvalue weighted by Gasteiger charge is 2.09. The van der Waals surface area contributed by atoms with Crippen molar-refractivity contribution in [3.63, 3.8) is 0 Å². The van der Waals surface area contributed by atoms with Crippen LogP contribution in [0.5, 0.6) is 0 Å². The van der Waals surface area contributed by atoms with E-state index in [9.17, 15) is 4.79 Å². The summed E-state index contributed by atoms with van der Waals surface area (Å²) in [6.45, 7) is 5.22. The van der Waals surface area contributed by atoms with Gasteiger partial charge in [-0.3, -0.25) is 4.79 Å². The zero-order valence-corrected chi connectivity index (χ0v) is 12.4. The zero-order chi connectivity index (χ0) is 13.8. The van der Waals surface area contributed by atoms with E-state index in [0.717, 1.165) is 5.82 Å². The molecule has 102 valence electrons. The average molecular weight is 326 g/mol. The van der Waals surface area contributed by atoms with Crippen LogP contribution in [0.15, 0.2) is 27.9 Å². The number of rotatable bonds is 5. The van der Waals surface area contributed by atoms with Crippen molar-refractivity contribution < 1.29 is 0 Å². The van der Waals surface area contributed by atoms with Gasteiger partial charge in [-0.25, -0.2) is 9.67 Å². The van der Waals surface area contributed by atoms with Crippen LogP contribution in [0.4, 0.5) is 5.69 Å². The van der Waals surface area contributed by atoms with Crippen LogP contribution in [-0.4, -0.2) is 19.7 Å². The van der Waals surface area contributed by atoms with Crippen molar-refractivity contribution in [1.82, 2.24) is 19.7 Å². The number of aromatic nitrogens is 4. The van der Waals surface area contributed by atoms with E-state index in [1.165, 1.54) is 4.68 Å². The predicted molar refractivity (Wildman–Crippen MR) is 76.9 cm³/mol. The van der Waals surface area contributed by atoms with Crippen molar-refractivity contribution in [2.24, 2.45) is 5.92 Å². The summed E-state index contributed by atoms with van der Waals surface area (Å²) >= 11 is 3.32. The Labute approximate surface area is 119 Å². The Morgan fingerprint density at radius 2 is 2.32 bits per heavy atom. The average Bonchev–Trinajstić information content (AvgIpc) is 2.87. The fourth-order valence-corrected chi connectivity index (χ4v) is 2.09. The molecule has 0 radical (unpaired) electrons. The van der Waals surface area contributed by atoms with E-state index in [1.807, 2.05) is 13.8 Å². The smallest absolute Gasteiger partial charge is 0.283 e. The molecule has 0 aliphatic carbocycles. The van der Waals surface area contributed by atoms with Crippen molar-refractivity contribution in [3.05, 3.63) is 39.2 Å². The number of imidazole rings is 1. The summed E-state index contributed by atoms with van der Waals surface area (Å²) in [6.07, 6.45) is 5.09. The summed E-state index contributed by atoms with van der Waals surface area (Å²) in [4.78, 5) is 19.2. The maximum absolute atomic E-state index is 12.1. The molecular formula is C12H16BrN5O. The second-order valence-corrected chi connectivity index (χ2v) is 5.44. The van der Waals surface area contributed by atoms with Gasteiger partial charge in [0.1, 0.15) is 10.3 Å². The van der Waals surface area contributed by atoms with E-state index in [2.05, 4.69) is 36.3 Å². The normalized spacial score (nSPS) is 10.9. The number of halogens is 1. The fraction of sp³-hybridized carbons (Fsp3) is 0.417. The summed E-state index contributed by atoms with van der Waals surface area (Å²) in [6, 6.07) is 0. The molecule has 2 aromatic rings. The van der Waals surface area contributed by atoms with E-state index >= 15 is 0 Å². The number of H-pyrrole nitrogens is 1. The molecule has 2 aromatic heterocycles. The van der Waals surface area contributed by atoms with E-state index in [-0.39, 0.29) is 5.56 Å². The second kappa shape index (κ2) is 6.01.